The van der Waals surface area contributed by atoms with Crippen LogP contribution in [-0.4, -0.2) is 60.1 Å². The fraction of sp³-hybridized carbons (Fsp3) is 0.917. The van der Waals surface area contributed by atoms with Gasteiger partial charge in [-0.1, -0.05) is 0 Å². The SMILES string of the molecule is CN1CCN(C2CCC(C(=O)O)CC2)CC1. The van der Waals surface area contributed by atoms with Crippen LogP contribution >= 0.6 is 0 Å². The van der Waals surface area contributed by atoms with Crippen LogP contribution in [0, 0.1) is 5.92 Å². The number of carboxylic acid groups (broad SMARTS) is 1. The van der Waals surface area contributed by atoms with E-state index < -0.39 is 5.97 Å². The Balaban J connectivity index is 1.78. The van der Waals surface area contributed by atoms with Crippen molar-refractivity contribution in [2.75, 3.05) is 33.2 Å². The predicted molar refractivity (Wildman–Crippen MR) is 62.5 cm³/mol. The molecule has 0 amide bonds. The van der Waals surface area contributed by atoms with E-state index in [1.54, 1.807) is 0 Å². The Bertz CT molecular complexity index is 241. The molecule has 1 saturated heterocycles. The molecular weight excluding hydrogens is 204 g/mol. The molecule has 0 unspecified atom stereocenters. The van der Waals surface area contributed by atoms with Crippen LogP contribution in [0.4, 0.5) is 0 Å². The summed E-state index contributed by atoms with van der Waals surface area (Å²) in [6.07, 6.45) is 3.88. The molecule has 4 nitrogen and oxygen atoms in total. The molecule has 0 atom stereocenters. The Morgan fingerprint density at radius 3 is 2.12 bits per heavy atom. The number of likely N-dealkylation sites (N-methyl/N-ethyl adjacent to an activating group) is 1. The topological polar surface area (TPSA) is 43.8 Å². The third kappa shape index (κ3) is 2.74. The fourth-order valence-corrected chi connectivity index (χ4v) is 2.87. The molecule has 1 saturated carbocycles. The van der Waals surface area contributed by atoms with E-state index in [0.717, 1.165) is 51.9 Å². The molecular formula is C12H22N2O2. The van der Waals surface area contributed by atoms with Gasteiger partial charge in [-0.2, -0.15) is 0 Å². The number of carbonyl (C=O) groups is 1. The molecule has 0 aromatic heterocycles. The summed E-state index contributed by atoms with van der Waals surface area (Å²) in [7, 11) is 2.17. The minimum absolute atomic E-state index is 0.0799. The Labute approximate surface area is 97.2 Å². The van der Waals surface area contributed by atoms with Crippen molar-refractivity contribution >= 4 is 5.97 Å². The second kappa shape index (κ2) is 5.15. The van der Waals surface area contributed by atoms with Crippen LogP contribution in [0.15, 0.2) is 0 Å². The minimum Gasteiger partial charge on any atom is -0.481 e. The van der Waals surface area contributed by atoms with Crippen molar-refractivity contribution in [1.29, 1.82) is 0 Å². The van der Waals surface area contributed by atoms with Gasteiger partial charge in [0.1, 0.15) is 0 Å². The second-order valence-corrected chi connectivity index (χ2v) is 5.18. The summed E-state index contributed by atoms with van der Waals surface area (Å²) in [5.41, 5.74) is 0. The van der Waals surface area contributed by atoms with Gasteiger partial charge in [-0.15, -0.1) is 0 Å². The molecule has 2 fully saturated rings. The number of aliphatic carboxylic acids is 1. The van der Waals surface area contributed by atoms with Crippen LogP contribution in [0.3, 0.4) is 0 Å². The lowest BCUT2D eigenvalue weighted by molar-refractivity contribution is -0.143. The maximum absolute atomic E-state index is 10.9. The molecule has 1 aliphatic carbocycles. The molecule has 16 heavy (non-hydrogen) atoms. The Kier molecular flexibility index (Phi) is 3.82. The van der Waals surface area contributed by atoms with Crippen molar-refractivity contribution in [3.8, 4) is 0 Å². The first-order chi connectivity index (χ1) is 7.66. The molecule has 0 bridgehead atoms. The van der Waals surface area contributed by atoms with Gasteiger partial charge in [0.2, 0.25) is 0 Å². The van der Waals surface area contributed by atoms with Crippen LogP contribution in [0.25, 0.3) is 0 Å². The van der Waals surface area contributed by atoms with Crippen molar-refractivity contribution in [2.24, 2.45) is 5.92 Å². The van der Waals surface area contributed by atoms with E-state index >= 15 is 0 Å². The third-order valence-electron chi connectivity index (χ3n) is 4.10. The van der Waals surface area contributed by atoms with Crippen LogP contribution in [0.2, 0.25) is 0 Å². The third-order valence-corrected chi connectivity index (χ3v) is 4.10. The molecule has 2 rings (SSSR count). The molecule has 2 aliphatic rings. The van der Waals surface area contributed by atoms with Crippen LogP contribution in [-0.2, 0) is 4.79 Å². The number of rotatable bonds is 2. The zero-order valence-electron chi connectivity index (χ0n) is 10.1. The lowest BCUT2D eigenvalue weighted by atomic mass is 9.85. The highest BCUT2D eigenvalue weighted by molar-refractivity contribution is 5.70. The average Bonchev–Trinajstić information content (AvgIpc) is 2.30. The van der Waals surface area contributed by atoms with Gasteiger partial charge in [0.25, 0.3) is 0 Å². The molecule has 1 N–H and O–H groups in total. The minimum atomic E-state index is -0.600. The van der Waals surface area contributed by atoms with Gasteiger partial charge in [0, 0.05) is 32.2 Å². The Hall–Kier alpha value is -0.610. The van der Waals surface area contributed by atoms with Crippen LogP contribution in [0.5, 0.6) is 0 Å². The summed E-state index contributed by atoms with van der Waals surface area (Å²) in [4.78, 5) is 15.8. The van der Waals surface area contributed by atoms with Gasteiger partial charge >= 0.3 is 5.97 Å². The summed E-state index contributed by atoms with van der Waals surface area (Å²) >= 11 is 0. The van der Waals surface area contributed by atoms with E-state index in [2.05, 4.69) is 16.8 Å². The van der Waals surface area contributed by atoms with E-state index in [1.807, 2.05) is 0 Å². The molecule has 0 radical (unpaired) electrons. The van der Waals surface area contributed by atoms with E-state index in [0.29, 0.717) is 6.04 Å². The smallest absolute Gasteiger partial charge is 0.306 e. The Morgan fingerprint density at radius 1 is 1.06 bits per heavy atom. The maximum Gasteiger partial charge on any atom is 0.306 e. The summed E-state index contributed by atoms with van der Waals surface area (Å²) in [5, 5.41) is 8.95. The summed E-state index contributed by atoms with van der Waals surface area (Å²) in [6.45, 7) is 4.61. The molecule has 1 heterocycles. The highest BCUT2D eigenvalue weighted by Crippen LogP contribution is 2.28. The number of carboxylic acids is 1. The number of piperazine rings is 1. The monoisotopic (exact) mass is 226 g/mol. The summed E-state index contributed by atoms with van der Waals surface area (Å²) in [5.74, 6) is -0.680. The standard InChI is InChI=1S/C12H22N2O2/c1-13-6-8-14(9-7-13)11-4-2-10(3-5-11)12(15)16/h10-11H,2-9H2,1H3,(H,15,16). The first kappa shape index (κ1) is 11.9. The molecule has 0 aromatic rings. The van der Waals surface area contributed by atoms with Crippen molar-refractivity contribution in [2.45, 2.75) is 31.7 Å². The second-order valence-electron chi connectivity index (χ2n) is 5.18. The molecule has 4 heteroatoms. The molecule has 1 aliphatic heterocycles. The van der Waals surface area contributed by atoms with Gasteiger partial charge in [0.05, 0.1) is 5.92 Å². The maximum atomic E-state index is 10.9. The normalized spacial score (nSPS) is 33.8. The van der Waals surface area contributed by atoms with Crippen molar-refractivity contribution in [3.63, 3.8) is 0 Å². The first-order valence-electron chi connectivity index (χ1n) is 6.32. The van der Waals surface area contributed by atoms with E-state index in [1.165, 1.54) is 0 Å². The number of nitrogens with zero attached hydrogens (tertiary/aromatic N) is 2. The summed E-state index contributed by atoms with van der Waals surface area (Å²) in [6, 6.07) is 0.643. The van der Waals surface area contributed by atoms with Gasteiger partial charge in [0.15, 0.2) is 0 Å². The highest BCUT2D eigenvalue weighted by atomic mass is 16.4. The number of hydrogen-bond acceptors (Lipinski definition) is 3. The zero-order valence-corrected chi connectivity index (χ0v) is 10.1. The molecule has 0 aromatic carbocycles. The quantitative estimate of drug-likeness (QED) is 0.759. The largest absolute Gasteiger partial charge is 0.481 e. The van der Waals surface area contributed by atoms with E-state index in [9.17, 15) is 4.79 Å². The van der Waals surface area contributed by atoms with Crippen LogP contribution < -0.4 is 0 Å². The van der Waals surface area contributed by atoms with Crippen molar-refractivity contribution in [1.82, 2.24) is 9.80 Å². The van der Waals surface area contributed by atoms with Gasteiger partial charge in [-0.05, 0) is 32.7 Å². The average molecular weight is 226 g/mol. The van der Waals surface area contributed by atoms with Gasteiger partial charge in [-0.25, -0.2) is 0 Å². The molecule has 92 valence electrons. The van der Waals surface area contributed by atoms with Crippen molar-refractivity contribution in [3.05, 3.63) is 0 Å². The first-order valence-corrected chi connectivity index (χ1v) is 6.32. The zero-order chi connectivity index (χ0) is 11.5. The summed E-state index contributed by atoms with van der Waals surface area (Å²) < 4.78 is 0. The van der Waals surface area contributed by atoms with E-state index in [-0.39, 0.29) is 5.92 Å². The molecule has 0 spiro atoms. The van der Waals surface area contributed by atoms with Crippen LogP contribution in [0.1, 0.15) is 25.7 Å². The van der Waals surface area contributed by atoms with Gasteiger partial charge < -0.3 is 10.0 Å². The van der Waals surface area contributed by atoms with Crippen molar-refractivity contribution < 1.29 is 9.90 Å². The highest BCUT2D eigenvalue weighted by Gasteiger charge is 2.30. The lowest BCUT2D eigenvalue weighted by Crippen LogP contribution is -2.50. The van der Waals surface area contributed by atoms with Gasteiger partial charge in [-0.3, -0.25) is 9.69 Å². The lowest BCUT2D eigenvalue weighted by Gasteiger charge is -2.40. The Morgan fingerprint density at radius 2 is 1.62 bits per heavy atom. The number of hydrogen-bond donors (Lipinski definition) is 1. The van der Waals surface area contributed by atoms with E-state index in [4.69, 9.17) is 5.11 Å². The fourth-order valence-electron chi connectivity index (χ4n) is 2.87. The predicted octanol–water partition coefficient (Wildman–Crippen LogP) is 0.877.